The molecule has 1 aromatic carbocycles. The van der Waals surface area contributed by atoms with E-state index in [1.807, 2.05) is 29.8 Å². The maximum absolute atomic E-state index is 5.83. The minimum absolute atomic E-state index is 0.805. The van der Waals surface area contributed by atoms with Crippen LogP contribution in [0.4, 0.5) is 0 Å². The smallest absolute Gasteiger partial charge is 0.146 e. The number of likely N-dealkylation sites (N-methyl/N-ethyl adjacent to an activating group) is 1. The summed E-state index contributed by atoms with van der Waals surface area (Å²) >= 11 is 5.83. The van der Waals surface area contributed by atoms with Crippen molar-refractivity contribution in [1.29, 1.82) is 0 Å². The van der Waals surface area contributed by atoms with Crippen LogP contribution in [0.15, 0.2) is 24.3 Å². The van der Waals surface area contributed by atoms with Crippen molar-refractivity contribution in [3.05, 3.63) is 34.9 Å². The average molecular weight is 183 g/mol. The molecule has 0 aliphatic rings. The Kier molecular flexibility index (Phi) is 3.30. The monoisotopic (exact) mass is 182 g/mol. The van der Waals surface area contributed by atoms with E-state index in [4.69, 9.17) is 11.6 Å². The average Bonchev–Trinajstić information content (AvgIpc) is 2.01. The third kappa shape index (κ3) is 3.05. The summed E-state index contributed by atoms with van der Waals surface area (Å²) in [7, 11) is 1.96. The minimum atomic E-state index is 0.805. The second-order valence-electron chi connectivity index (χ2n) is 2.96. The molecule has 0 spiro atoms. The number of rotatable bonds is 3. The minimum Gasteiger partial charge on any atom is -0.245 e. The quantitative estimate of drug-likeness (QED) is 0.498. The Hall–Kier alpha value is -0.820. The summed E-state index contributed by atoms with van der Waals surface area (Å²) in [4.78, 5) is 0. The molecule has 0 saturated heterocycles. The van der Waals surface area contributed by atoms with Gasteiger partial charge in [0.15, 0.2) is 0 Å². The van der Waals surface area contributed by atoms with Gasteiger partial charge in [-0.05, 0) is 17.7 Å². The highest BCUT2D eigenvalue weighted by molar-refractivity contribution is 6.30. The highest BCUT2D eigenvalue weighted by Gasteiger charge is 1.96. The van der Waals surface area contributed by atoms with Gasteiger partial charge in [-0.3, -0.25) is 0 Å². The van der Waals surface area contributed by atoms with E-state index in [0.717, 1.165) is 18.0 Å². The van der Waals surface area contributed by atoms with Gasteiger partial charge < -0.3 is 0 Å². The number of hydrogen-bond donors (Lipinski definition) is 0. The largest absolute Gasteiger partial charge is 0.245 e. The summed E-state index contributed by atoms with van der Waals surface area (Å²) in [5.41, 5.74) is 1.26. The molecule has 1 aromatic rings. The molecule has 0 bridgehead atoms. The second-order valence-corrected chi connectivity index (χ2v) is 3.40. The fraction of sp³-hybridized carbons (Fsp3) is 0.300. The molecular weight excluding hydrogens is 170 g/mol. The Morgan fingerprint density at radius 2 is 2.25 bits per heavy atom. The molecule has 0 heterocycles. The first-order valence-electron chi connectivity index (χ1n) is 3.94. The van der Waals surface area contributed by atoms with Crippen molar-refractivity contribution >= 4 is 18.3 Å². The summed E-state index contributed by atoms with van der Waals surface area (Å²) in [5, 5.41) is 0.805. The lowest BCUT2D eigenvalue weighted by molar-refractivity contribution is -0.487. The fourth-order valence-corrected chi connectivity index (χ4v) is 1.23. The van der Waals surface area contributed by atoms with Crippen LogP contribution in [-0.4, -0.2) is 24.9 Å². The Balaban J connectivity index is 2.57. The molecule has 2 heteroatoms. The Morgan fingerprint density at radius 1 is 1.50 bits per heavy atom. The van der Waals surface area contributed by atoms with Crippen LogP contribution in [0.1, 0.15) is 5.56 Å². The van der Waals surface area contributed by atoms with Gasteiger partial charge >= 0.3 is 0 Å². The zero-order valence-corrected chi connectivity index (χ0v) is 8.01. The first-order valence-corrected chi connectivity index (χ1v) is 4.32. The molecule has 1 rings (SSSR count). The number of hydrogen-bond acceptors (Lipinski definition) is 0. The van der Waals surface area contributed by atoms with Crippen molar-refractivity contribution in [1.82, 2.24) is 0 Å². The molecule has 0 aliphatic carbocycles. The van der Waals surface area contributed by atoms with Crippen LogP contribution >= 0.6 is 11.6 Å². The van der Waals surface area contributed by atoms with E-state index >= 15 is 0 Å². The molecular formula is C10H13ClN+. The first-order chi connectivity index (χ1) is 5.68. The predicted octanol–water partition coefficient (Wildman–Crippen LogP) is 2.23. The number of halogens is 1. The standard InChI is InChI=1S/C10H13ClN/c1-12(2)7-6-9-4-3-5-10(11)8-9/h3-5,8H,1,6-7H2,2H3/q+1. The third-order valence-electron chi connectivity index (χ3n) is 1.67. The van der Waals surface area contributed by atoms with E-state index in [2.05, 4.69) is 12.8 Å². The Morgan fingerprint density at radius 3 is 2.83 bits per heavy atom. The first kappa shape index (κ1) is 9.27. The van der Waals surface area contributed by atoms with E-state index < -0.39 is 0 Å². The lowest BCUT2D eigenvalue weighted by Crippen LogP contribution is -2.06. The lowest BCUT2D eigenvalue weighted by Gasteiger charge is -1.98. The maximum Gasteiger partial charge on any atom is 0.146 e. The summed E-state index contributed by atoms with van der Waals surface area (Å²) in [6, 6.07) is 7.93. The molecule has 1 nitrogen and oxygen atoms in total. The zero-order chi connectivity index (χ0) is 8.97. The summed E-state index contributed by atoms with van der Waals surface area (Å²) in [5.74, 6) is 0. The van der Waals surface area contributed by atoms with Crippen LogP contribution < -0.4 is 0 Å². The van der Waals surface area contributed by atoms with Crippen molar-refractivity contribution in [3.8, 4) is 0 Å². The zero-order valence-electron chi connectivity index (χ0n) is 7.26. The molecule has 0 amide bonds. The van der Waals surface area contributed by atoms with Crippen molar-refractivity contribution in [2.75, 3.05) is 13.6 Å². The van der Waals surface area contributed by atoms with E-state index in [-0.39, 0.29) is 0 Å². The van der Waals surface area contributed by atoms with Crippen molar-refractivity contribution in [3.63, 3.8) is 0 Å². The summed E-state index contributed by atoms with van der Waals surface area (Å²) < 4.78 is 1.92. The maximum atomic E-state index is 5.83. The van der Waals surface area contributed by atoms with Crippen LogP contribution in [0.5, 0.6) is 0 Å². The van der Waals surface area contributed by atoms with Crippen LogP contribution in [-0.2, 0) is 6.42 Å². The van der Waals surface area contributed by atoms with E-state index in [0.29, 0.717) is 0 Å². The van der Waals surface area contributed by atoms with Crippen molar-refractivity contribution in [2.45, 2.75) is 6.42 Å². The molecule has 0 unspecified atom stereocenters. The third-order valence-corrected chi connectivity index (χ3v) is 1.91. The number of benzene rings is 1. The van der Waals surface area contributed by atoms with Gasteiger partial charge in [0.2, 0.25) is 0 Å². The van der Waals surface area contributed by atoms with Crippen LogP contribution in [0.3, 0.4) is 0 Å². The normalized spacial score (nSPS) is 9.83. The predicted molar refractivity (Wildman–Crippen MR) is 53.3 cm³/mol. The molecule has 0 fully saturated rings. The highest BCUT2D eigenvalue weighted by Crippen LogP contribution is 2.10. The second kappa shape index (κ2) is 4.27. The van der Waals surface area contributed by atoms with Gasteiger partial charge in [0.25, 0.3) is 0 Å². The van der Waals surface area contributed by atoms with Gasteiger partial charge in [0.1, 0.15) is 20.3 Å². The molecule has 0 aliphatic heterocycles. The van der Waals surface area contributed by atoms with Crippen molar-refractivity contribution < 1.29 is 4.58 Å². The van der Waals surface area contributed by atoms with Gasteiger partial charge in [-0.2, -0.15) is 0 Å². The van der Waals surface area contributed by atoms with Gasteiger partial charge in [-0.1, -0.05) is 23.7 Å². The fourth-order valence-electron chi connectivity index (χ4n) is 1.01. The van der Waals surface area contributed by atoms with E-state index in [1.54, 1.807) is 0 Å². The Bertz CT molecular complexity index is 281. The number of nitrogens with zero attached hydrogens (tertiary/aromatic N) is 1. The highest BCUT2D eigenvalue weighted by atomic mass is 35.5. The lowest BCUT2D eigenvalue weighted by atomic mass is 10.1. The van der Waals surface area contributed by atoms with Crippen LogP contribution in [0, 0.1) is 0 Å². The molecule has 64 valence electrons. The van der Waals surface area contributed by atoms with Gasteiger partial charge in [-0.15, -0.1) is 0 Å². The molecule has 0 atom stereocenters. The molecule has 0 saturated carbocycles. The molecule has 0 N–H and O–H groups in total. The van der Waals surface area contributed by atoms with E-state index in [9.17, 15) is 0 Å². The van der Waals surface area contributed by atoms with Crippen molar-refractivity contribution in [2.24, 2.45) is 0 Å². The topological polar surface area (TPSA) is 3.01 Å². The van der Waals surface area contributed by atoms with Gasteiger partial charge in [0.05, 0.1) is 0 Å². The van der Waals surface area contributed by atoms with E-state index in [1.165, 1.54) is 5.56 Å². The summed E-state index contributed by atoms with van der Waals surface area (Å²) in [6.45, 7) is 4.73. The molecule has 0 aromatic heterocycles. The molecule has 0 radical (unpaired) electrons. The van der Waals surface area contributed by atoms with Crippen LogP contribution in [0.25, 0.3) is 0 Å². The van der Waals surface area contributed by atoms with Crippen LogP contribution in [0.2, 0.25) is 5.02 Å². The Labute approximate surface area is 78.3 Å². The summed E-state index contributed by atoms with van der Waals surface area (Å²) in [6.07, 6.45) is 1.00. The van der Waals surface area contributed by atoms with Gasteiger partial charge in [-0.25, -0.2) is 4.58 Å². The van der Waals surface area contributed by atoms with Gasteiger partial charge in [0, 0.05) is 11.4 Å². The SMILES string of the molecule is C=[N+](C)CCc1cccc(Cl)c1. The molecule has 12 heavy (non-hydrogen) atoms.